The zero-order valence-electron chi connectivity index (χ0n) is 8.44. The first kappa shape index (κ1) is 11.0. The molecule has 0 radical (unpaired) electrons. The lowest BCUT2D eigenvalue weighted by Crippen LogP contribution is -2.33. The van der Waals surface area contributed by atoms with E-state index in [1.54, 1.807) is 0 Å². The number of benzene rings is 1. The third-order valence-corrected chi connectivity index (χ3v) is 1.76. The predicted molar refractivity (Wildman–Crippen MR) is 48.1 cm³/mol. The Morgan fingerprint density at radius 1 is 1.00 bits per heavy atom. The van der Waals surface area contributed by atoms with Gasteiger partial charge in [-0.3, -0.25) is 0 Å². The average Bonchev–Trinajstić information content (AvgIpc) is 2.04. The molecule has 0 saturated heterocycles. The summed E-state index contributed by atoms with van der Waals surface area (Å²) in [6.07, 6.45) is 0. The maximum absolute atomic E-state index is 13.2. The van der Waals surface area contributed by atoms with Crippen molar-refractivity contribution in [3.8, 4) is 0 Å². The van der Waals surface area contributed by atoms with Crippen molar-refractivity contribution in [2.45, 2.75) is 6.54 Å². The Kier molecular flexibility index (Phi) is 2.85. The minimum absolute atomic E-state index is 0.191. The van der Waals surface area contributed by atoms with Gasteiger partial charge in [0.2, 0.25) is 0 Å². The van der Waals surface area contributed by atoms with Crippen LogP contribution >= 0.6 is 0 Å². The summed E-state index contributed by atoms with van der Waals surface area (Å²) < 4.78 is 39.0. The minimum Gasteiger partial charge on any atom is -0.327 e. The third kappa shape index (κ3) is 2.48. The van der Waals surface area contributed by atoms with Crippen LogP contribution in [0.4, 0.5) is 13.2 Å². The molecule has 0 saturated carbocycles. The van der Waals surface area contributed by atoms with E-state index in [4.69, 9.17) is 0 Å². The first-order valence-corrected chi connectivity index (χ1v) is 4.24. The maximum atomic E-state index is 13.2. The van der Waals surface area contributed by atoms with Crippen molar-refractivity contribution in [2.24, 2.45) is 0 Å². The molecule has 1 nitrogen and oxygen atoms in total. The Balaban J connectivity index is 3.06. The van der Waals surface area contributed by atoms with Crippen molar-refractivity contribution in [2.75, 3.05) is 21.1 Å². The third-order valence-electron chi connectivity index (χ3n) is 1.76. The van der Waals surface area contributed by atoms with Gasteiger partial charge in [0, 0.05) is 5.56 Å². The van der Waals surface area contributed by atoms with E-state index >= 15 is 0 Å². The number of halogens is 3. The summed E-state index contributed by atoms with van der Waals surface area (Å²) >= 11 is 0. The second kappa shape index (κ2) is 3.61. The number of nitrogens with zero attached hydrogens (tertiary/aromatic N) is 1. The molecule has 0 aliphatic carbocycles. The second-order valence-electron chi connectivity index (χ2n) is 4.28. The molecule has 4 heteroatoms. The molecule has 0 aliphatic rings. The van der Waals surface area contributed by atoms with Crippen molar-refractivity contribution in [1.29, 1.82) is 0 Å². The zero-order valence-corrected chi connectivity index (χ0v) is 8.44. The smallest absolute Gasteiger partial charge is 0.194 e. The van der Waals surface area contributed by atoms with Crippen LogP contribution < -0.4 is 0 Å². The van der Waals surface area contributed by atoms with Gasteiger partial charge in [-0.1, -0.05) is 0 Å². The fraction of sp³-hybridized carbons (Fsp3) is 0.400. The summed E-state index contributed by atoms with van der Waals surface area (Å²) in [5, 5.41) is 0. The summed E-state index contributed by atoms with van der Waals surface area (Å²) in [5.74, 6) is -3.62. The van der Waals surface area contributed by atoms with Crippen molar-refractivity contribution < 1.29 is 17.7 Å². The van der Waals surface area contributed by atoms with Gasteiger partial charge in [-0.25, -0.2) is 13.2 Å². The van der Waals surface area contributed by atoms with Gasteiger partial charge in [-0.05, 0) is 12.1 Å². The molecule has 0 heterocycles. The SMILES string of the molecule is C[N+](C)(C)Cc1ccc(F)c(F)c1F. The highest BCUT2D eigenvalue weighted by molar-refractivity contribution is 5.19. The van der Waals surface area contributed by atoms with Crippen molar-refractivity contribution in [1.82, 2.24) is 0 Å². The lowest BCUT2D eigenvalue weighted by molar-refractivity contribution is -0.884. The molecular weight excluding hydrogens is 191 g/mol. The summed E-state index contributed by atoms with van der Waals surface area (Å²) in [7, 11) is 5.54. The van der Waals surface area contributed by atoms with Gasteiger partial charge in [-0.15, -0.1) is 0 Å². The number of hydrogen-bond acceptors (Lipinski definition) is 0. The van der Waals surface area contributed by atoms with Crippen molar-refractivity contribution >= 4 is 0 Å². The molecule has 1 aromatic carbocycles. The fourth-order valence-electron chi connectivity index (χ4n) is 1.20. The van der Waals surface area contributed by atoms with Crippen LogP contribution in [0, 0.1) is 17.5 Å². The van der Waals surface area contributed by atoms with Crippen LogP contribution in [0.25, 0.3) is 0 Å². The van der Waals surface area contributed by atoms with Gasteiger partial charge in [0.15, 0.2) is 17.5 Å². The molecule has 0 fully saturated rings. The van der Waals surface area contributed by atoms with Gasteiger partial charge in [0.1, 0.15) is 6.54 Å². The fourth-order valence-corrected chi connectivity index (χ4v) is 1.20. The van der Waals surface area contributed by atoms with Crippen LogP contribution in [0.1, 0.15) is 5.56 Å². The van der Waals surface area contributed by atoms with Crippen LogP contribution in [0.3, 0.4) is 0 Å². The van der Waals surface area contributed by atoms with E-state index in [1.165, 1.54) is 6.07 Å². The van der Waals surface area contributed by atoms with E-state index < -0.39 is 17.5 Å². The van der Waals surface area contributed by atoms with Crippen LogP contribution in [-0.2, 0) is 6.54 Å². The lowest BCUT2D eigenvalue weighted by Gasteiger charge is -2.24. The Morgan fingerprint density at radius 3 is 2.07 bits per heavy atom. The molecule has 1 aromatic rings. The molecule has 0 bridgehead atoms. The highest BCUT2D eigenvalue weighted by Crippen LogP contribution is 2.17. The lowest BCUT2D eigenvalue weighted by atomic mass is 10.2. The van der Waals surface area contributed by atoms with E-state index in [0.29, 0.717) is 11.0 Å². The molecule has 0 spiro atoms. The Bertz CT molecular complexity index is 342. The standard InChI is InChI=1S/C10H13F3N/c1-14(2,3)6-7-4-5-8(11)10(13)9(7)12/h4-5H,6H2,1-3H3/q+1. The van der Waals surface area contributed by atoms with Gasteiger partial charge < -0.3 is 4.48 Å². The summed E-state index contributed by atoms with van der Waals surface area (Å²) in [6, 6.07) is 2.22. The summed E-state index contributed by atoms with van der Waals surface area (Å²) in [5.41, 5.74) is 0.191. The van der Waals surface area contributed by atoms with Crippen LogP contribution in [0.5, 0.6) is 0 Å². The first-order chi connectivity index (χ1) is 6.31. The van der Waals surface area contributed by atoms with Gasteiger partial charge in [-0.2, -0.15) is 0 Å². The van der Waals surface area contributed by atoms with Gasteiger partial charge in [0.25, 0.3) is 0 Å². The van der Waals surface area contributed by atoms with Gasteiger partial charge in [0.05, 0.1) is 21.1 Å². The zero-order chi connectivity index (χ0) is 10.9. The Morgan fingerprint density at radius 2 is 1.57 bits per heavy atom. The molecule has 78 valence electrons. The number of hydrogen-bond donors (Lipinski definition) is 0. The molecule has 0 aliphatic heterocycles. The normalized spacial score (nSPS) is 11.9. The monoisotopic (exact) mass is 204 g/mol. The van der Waals surface area contributed by atoms with E-state index in [1.807, 2.05) is 21.1 Å². The van der Waals surface area contributed by atoms with E-state index in [0.717, 1.165) is 6.07 Å². The molecule has 1 rings (SSSR count). The number of rotatable bonds is 2. The van der Waals surface area contributed by atoms with E-state index in [9.17, 15) is 13.2 Å². The average molecular weight is 204 g/mol. The predicted octanol–water partition coefficient (Wildman–Crippen LogP) is 2.31. The topological polar surface area (TPSA) is 0 Å². The van der Waals surface area contributed by atoms with Crippen LogP contribution in [0.2, 0.25) is 0 Å². The molecule has 0 aromatic heterocycles. The minimum atomic E-state index is -1.39. The van der Waals surface area contributed by atoms with Crippen LogP contribution in [0.15, 0.2) is 12.1 Å². The van der Waals surface area contributed by atoms with Crippen molar-refractivity contribution in [3.63, 3.8) is 0 Å². The largest absolute Gasteiger partial charge is 0.327 e. The second-order valence-corrected chi connectivity index (χ2v) is 4.28. The van der Waals surface area contributed by atoms with Crippen LogP contribution in [-0.4, -0.2) is 25.6 Å². The quantitative estimate of drug-likeness (QED) is 0.512. The molecule has 0 unspecified atom stereocenters. The van der Waals surface area contributed by atoms with Gasteiger partial charge >= 0.3 is 0 Å². The Labute approximate surface area is 81.4 Å². The Hall–Kier alpha value is -1.03. The molecule has 14 heavy (non-hydrogen) atoms. The summed E-state index contributed by atoms with van der Waals surface area (Å²) in [6.45, 7) is 0.322. The molecular formula is C10H13F3N+. The maximum Gasteiger partial charge on any atom is 0.194 e. The first-order valence-electron chi connectivity index (χ1n) is 4.24. The number of quaternary nitrogens is 1. The highest BCUT2D eigenvalue weighted by atomic mass is 19.2. The molecule has 0 atom stereocenters. The molecule has 0 amide bonds. The van der Waals surface area contributed by atoms with E-state index in [2.05, 4.69) is 0 Å². The molecule has 0 N–H and O–H groups in total. The van der Waals surface area contributed by atoms with Crippen molar-refractivity contribution in [3.05, 3.63) is 35.1 Å². The highest BCUT2D eigenvalue weighted by Gasteiger charge is 2.18. The summed E-state index contributed by atoms with van der Waals surface area (Å²) in [4.78, 5) is 0. The van der Waals surface area contributed by atoms with E-state index in [-0.39, 0.29) is 5.56 Å².